The van der Waals surface area contributed by atoms with E-state index >= 15 is 0 Å². The van der Waals surface area contributed by atoms with Crippen molar-refractivity contribution in [3.8, 4) is 0 Å². The summed E-state index contributed by atoms with van der Waals surface area (Å²) in [5.74, 6) is 0.293. The molecular formula is C16H16N6O2S2. The maximum atomic E-state index is 12.7. The van der Waals surface area contributed by atoms with Crippen molar-refractivity contribution < 1.29 is 8.42 Å². The lowest BCUT2D eigenvalue weighted by atomic mass is 9.98. The molecule has 0 radical (unpaired) electrons. The summed E-state index contributed by atoms with van der Waals surface area (Å²) >= 11 is 1.50. The van der Waals surface area contributed by atoms with Crippen LogP contribution in [-0.2, 0) is 15.4 Å². The van der Waals surface area contributed by atoms with E-state index in [-0.39, 0.29) is 16.3 Å². The minimum absolute atomic E-state index is 0.0246. The Bertz CT molecular complexity index is 1190. The third kappa shape index (κ3) is 3.01. The summed E-state index contributed by atoms with van der Waals surface area (Å²) in [5.41, 5.74) is 0.697. The summed E-state index contributed by atoms with van der Waals surface area (Å²) in [4.78, 5) is 12.8. The molecule has 0 unspecified atom stereocenters. The minimum Gasteiger partial charge on any atom is -0.246 e. The average molecular weight is 388 g/mol. The Morgan fingerprint density at radius 2 is 2.00 bits per heavy atom. The molecule has 0 bridgehead atoms. The van der Waals surface area contributed by atoms with Crippen LogP contribution in [0.4, 0.5) is 5.95 Å². The predicted octanol–water partition coefficient (Wildman–Crippen LogP) is 2.83. The van der Waals surface area contributed by atoms with Crippen molar-refractivity contribution in [2.75, 3.05) is 4.72 Å². The summed E-state index contributed by atoms with van der Waals surface area (Å²) in [5, 5.41) is 5.03. The highest BCUT2D eigenvalue weighted by Crippen LogP contribution is 2.32. The van der Waals surface area contributed by atoms with E-state index in [4.69, 9.17) is 0 Å². The third-order valence-electron chi connectivity index (χ3n) is 3.65. The van der Waals surface area contributed by atoms with Gasteiger partial charge in [0.25, 0.3) is 21.7 Å². The van der Waals surface area contributed by atoms with Gasteiger partial charge in [-0.15, -0.1) is 16.4 Å². The van der Waals surface area contributed by atoms with Crippen molar-refractivity contribution in [3.05, 3.63) is 41.7 Å². The van der Waals surface area contributed by atoms with Crippen LogP contribution >= 0.6 is 11.3 Å². The molecule has 0 atom stereocenters. The van der Waals surface area contributed by atoms with Gasteiger partial charge in [-0.05, 0) is 24.3 Å². The zero-order chi connectivity index (χ0) is 18.5. The summed E-state index contributed by atoms with van der Waals surface area (Å²) in [6.07, 6.45) is 3.21. The topological polar surface area (TPSA) is 102 Å². The van der Waals surface area contributed by atoms with Gasteiger partial charge in [0.2, 0.25) is 0 Å². The lowest BCUT2D eigenvalue weighted by molar-refractivity contribution is 0.587. The average Bonchev–Trinajstić information content (AvgIpc) is 3.16. The number of fused-ring (bicyclic) bond motifs is 2. The molecule has 10 heteroatoms. The fourth-order valence-corrected chi connectivity index (χ4v) is 4.45. The Morgan fingerprint density at radius 1 is 1.19 bits per heavy atom. The number of nitrogens with one attached hydrogen (secondary N) is 1. The summed E-state index contributed by atoms with van der Waals surface area (Å²) in [6.45, 7) is 6.23. The van der Waals surface area contributed by atoms with E-state index in [9.17, 15) is 8.42 Å². The number of rotatable bonds is 3. The van der Waals surface area contributed by atoms with Crippen molar-refractivity contribution in [1.82, 2.24) is 24.6 Å². The van der Waals surface area contributed by atoms with Crippen molar-refractivity contribution in [1.29, 1.82) is 0 Å². The molecule has 0 amide bonds. The van der Waals surface area contributed by atoms with Crippen molar-refractivity contribution in [3.63, 3.8) is 0 Å². The second kappa shape index (κ2) is 5.71. The first-order valence-electron chi connectivity index (χ1n) is 7.84. The molecule has 0 aliphatic carbocycles. The van der Waals surface area contributed by atoms with Gasteiger partial charge in [0.1, 0.15) is 0 Å². The first-order valence-corrected chi connectivity index (χ1v) is 10.1. The van der Waals surface area contributed by atoms with Gasteiger partial charge in [-0.25, -0.2) is 27.6 Å². The summed E-state index contributed by atoms with van der Waals surface area (Å²) in [6, 6.07) is 6.56. The van der Waals surface area contributed by atoms with Gasteiger partial charge in [0, 0.05) is 17.8 Å². The van der Waals surface area contributed by atoms with Crippen molar-refractivity contribution >= 4 is 43.3 Å². The lowest BCUT2D eigenvalue weighted by Crippen LogP contribution is -2.14. The zero-order valence-electron chi connectivity index (χ0n) is 14.3. The molecule has 4 aromatic rings. The zero-order valence-corrected chi connectivity index (χ0v) is 16.0. The highest BCUT2D eigenvalue weighted by molar-refractivity contribution is 7.92. The minimum atomic E-state index is -3.82. The fraction of sp³-hybridized carbons (Fsp3) is 0.250. The molecule has 1 N–H and O–H groups in total. The Hall–Kier alpha value is -2.59. The molecule has 0 saturated carbocycles. The number of aromatic nitrogens is 5. The molecule has 26 heavy (non-hydrogen) atoms. The van der Waals surface area contributed by atoms with Crippen LogP contribution < -0.4 is 4.72 Å². The Balaban J connectivity index is 1.70. The lowest BCUT2D eigenvalue weighted by Gasteiger charge is -2.13. The summed E-state index contributed by atoms with van der Waals surface area (Å²) < 4.78 is 30.0. The van der Waals surface area contributed by atoms with E-state index < -0.39 is 10.0 Å². The SMILES string of the molecule is CC(C)(C)c1nc2ccc(S(=O)(=O)Nc3nc4ncccn4n3)cc2s1. The Labute approximate surface area is 154 Å². The molecule has 0 aliphatic rings. The quantitative estimate of drug-likeness (QED) is 0.579. The van der Waals surface area contributed by atoms with Crippen LogP contribution in [0.25, 0.3) is 16.0 Å². The van der Waals surface area contributed by atoms with Crippen LogP contribution in [0.5, 0.6) is 0 Å². The Kier molecular flexibility index (Phi) is 3.70. The van der Waals surface area contributed by atoms with Crippen molar-refractivity contribution in [2.45, 2.75) is 31.1 Å². The van der Waals surface area contributed by atoms with Crippen LogP contribution in [0, 0.1) is 0 Å². The van der Waals surface area contributed by atoms with Gasteiger partial charge in [-0.2, -0.15) is 4.98 Å². The molecule has 8 nitrogen and oxygen atoms in total. The predicted molar refractivity (Wildman–Crippen MR) is 99.9 cm³/mol. The first-order chi connectivity index (χ1) is 12.2. The largest absolute Gasteiger partial charge is 0.264 e. The van der Waals surface area contributed by atoms with E-state index in [2.05, 4.69) is 45.5 Å². The monoisotopic (exact) mass is 388 g/mol. The van der Waals surface area contributed by atoms with Crippen molar-refractivity contribution in [2.24, 2.45) is 0 Å². The number of sulfonamides is 1. The molecule has 0 fully saturated rings. The number of hydrogen-bond donors (Lipinski definition) is 1. The highest BCUT2D eigenvalue weighted by Gasteiger charge is 2.21. The van der Waals surface area contributed by atoms with Gasteiger partial charge in [0.15, 0.2) is 0 Å². The van der Waals surface area contributed by atoms with E-state index in [1.54, 1.807) is 30.6 Å². The van der Waals surface area contributed by atoms with Gasteiger partial charge in [0.05, 0.1) is 20.1 Å². The molecular weight excluding hydrogens is 372 g/mol. The van der Waals surface area contributed by atoms with E-state index in [0.717, 1.165) is 15.2 Å². The third-order valence-corrected chi connectivity index (χ3v) is 6.42. The second-order valence-electron chi connectivity index (χ2n) is 6.80. The number of hydrogen-bond acceptors (Lipinski definition) is 7. The van der Waals surface area contributed by atoms with E-state index in [1.807, 2.05) is 0 Å². The second-order valence-corrected chi connectivity index (χ2v) is 9.52. The van der Waals surface area contributed by atoms with Crippen LogP contribution in [0.2, 0.25) is 0 Å². The van der Waals surface area contributed by atoms with Crippen LogP contribution in [0.1, 0.15) is 25.8 Å². The van der Waals surface area contributed by atoms with E-state index in [1.165, 1.54) is 21.9 Å². The molecule has 0 saturated heterocycles. The molecule has 134 valence electrons. The first kappa shape index (κ1) is 16.9. The standard InChI is InChI=1S/C16H16N6O2S2/c1-16(2,3)13-18-11-6-5-10(9-12(11)25-13)26(23,24)21-14-19-15-17-7-4-8-22(15)20-14/h4-9H,1-3H3,(H,20,21). The van der Waals surface area contributed by atoms with Crippen LogP contribution in [0.15, 0.2) is 41.6 Å². The van der Waals surface area contributed by atoms with Gasteiger partial charge in [-0.3, -0.25) is 0 Å². The maximum absolute atomic E-state index is 12.7. The number of nitrogens with zero attached hydrogens (tertiary/aromatic N) is 5. The number of benzene rings is 1. The number of anilines is 1. The summed E-state index contributed by atoms with van der Waals surface area (Å²) in [7, 11) is -3.82. The molecule has 4 rings (SSSR count). The fourth-order valence-electron chi connectivity index (χ4n) is 2.35. The van der Waals surface area contributed by atoms with Gasteiger partial charge >= 0.3 is 0 Å². The van der Waals surface area contributed by atoms with E-state index in [0.29, 0.717) is 5.78 Å². The normalized spacial score (nSPS) is 12.7. The molecule has 1 aromatic carbocycles. The van der Waals surface area contributed by atoms with Gasteiger partial charge < -0.3 is 0 Å². The number of thiazole rings is 1. The smallest absolute Gasteiger partial charge is 0.246 e. The molecule has 0 aliphatic heterocycles. The Morgan fingerprint density at radius 3 is 2.73 bits per heavy atom. The molecule has 3 heterocycles. The van der Waals surface area contributed by atoms with Gasteiger partial charge in [-0.1, -0.05) is 20.8 Å². The molecule has 3 aromatic heterocycles. The van der Waals surface area contributed by atoms with Crippen LogP contribution in [-0.4, -0.2) is 33.0 Å². The molecule has 0 spiro atoms. The maximum Gasteiger partial charge on any atom is 0.264 e. The highest BCUT2D eigenvalue weighted by atomic mass is 32.2. The van der Waals surface area contributed by atoms with Crippen LogP contribution in [0.3, 0.4) is 0 Å².